The van der Waals surface area contributed by atoms with Crippen molar-refractivity contribution in [1.82, 2.24) is 16.0 Å². The van der Waals surface area contributed by atoms with E-state index in [2.05, 4.69) is 29.8 Å². The zero-order valence-corrected chi connectivity index (χ0v) is 11.6. The van der Waals surface area contributed by atoms with Crippen molar-refractivity contribution in [3.63, 3.8) is 0 Å². The van der Waals surface area contributed by atoms with E-state index >= 15 is 0 Å². The van der Waals surface area contributed by atoms with Crippen molar-refractivity contribution in [2.24, 2.45) is 5.92 Å². The second kappa shape index (κ2) is 7.36. The molecule has 2 amide bonds. The summed E-state index contributed by atoms with van der Waals surface area (Å²) in [4.78, 5) is 22.8. The molecule has 0 bridgehead atoms. The van der Waals surface area contributed by atoms with E-state index in [0.717, 1.165) is 19.4 Å². The van der Waals surface area contributed by atoms with Gasteiger partial charge in [0.15, 0.2) is 0 Å². The third kappa shape index (κ3) is 5.49. The summed E-state index contributed by atoms with van der Waals surface area (Å²) in [5.41, 5.74) is 0. The van der Waals surface area contributed by atoms with Crippen LogP contribution >= 0.6 is 0 Å². The van der Waals surface area contributed by atoms with Gasteiger partial charge in [-0.1, -0.05) is 13.8 Å². The van der Waals surface area contributed by atoms with Gasteiger partial charge in [-0.2, -0.15) is 0 Å². The molecule has 5 heteroatoms. The highest BCUT2D eigenvalue weighted by Gasteiger charge is 2.21. The van der Waals surface area contributed by atoms with E-state index in [1.807, 2.05) is 6.92 Å². The molecule has 0 aromatic carbocycles. The normalized spacial score (nSPS) is 21.6. The molecular formula is C13H25N3O2. The minimum atomic E-state index is -0.211. The van der Waals surface area contributed by atoms with E-state index in [4.69, 9.17) is 0 Å². The van der Waals surface area contributed by atoms with Crippen molar-refractivity contribution in [1.29, 1.82) is 0 Å². The maximum atomic E-state index is 11.8. The van der Waals surface area contributed by atoms with Gasteiger partial charge in [-0.25, -0.2) is 0 Å². The van der Waals surface area contributed by atoms with Crippen LogP contribution in [0, 0.1) is 5.92 Å². The van der Waals surface area contributed by atoms with E-state index in [1.165, 1.54) is 0 Å². The second-order valence-corrected chi connectivity index (χ2v) is 5.40. The smallest absolute Gasteiger partial charge is 0.236 e. The van der Waals surface area contributed by atoms with Gasteiger partial charge in [0.1, 0.15) is 0 Å². The number of amides is 2. The molecule has 0 spiro atoms. The van der Waals surface area contributed by atoms with Gasteiger partial charge in [-0.3, -0.25) is 9.59 Å². The zero-order chi connectivity index (χ0) is 13.5. The summed E-state index contributed by atoms with van der Waals surface area (Å²) in [6.07, 6.45) is 2.34. The van der Waals surface area contributed by atoms with Crippen LogP contribution in [0.2, 0.25) is 0 Å². The van der Waals surface area contributed by atoms with Crippen LogP contribution in [0.1, 0.15) is 40.0 Å². The van der Waals surface area contributed by atoms with Crippen molar-refractivity contribution in [3.05, 3.63) is 0 Å². The zero-order valence-electron chi connectivity index (χ0n) is 11.6. The van der Waals surface area contributed by atoms with Gasteiger partial charge in [0, 0.05) is 25.6 Å². The van der Waals surface area contributed by atoms with E-state index < -0.39 is 0 Å². The van der Waals surface area contributed by atoms with Crippen LogP contribution in [-0.4, -0.2) is 37.0 Å². The van der Waals surface area contributed by atoms with E-state index in [1.54, 1.807) is 0 Å². The third-order valence-electron chi connectivity index (χ3n) is 3.17. The quantitative estimate of drug-likeness (QED) is 0.643. The molecule has 0 saturated carbocycles. The van der Waals surface area contributed by atoms with Crippen molar-refractivity contribution < 1.29 is 9.59 Å². The number of carbonyl (C=O) groups excluding carboxylic acids is 2. The molecule has 1 fully saturated rings. The molecule has 1 aliphatic rings. The third-order valence-corrected chi connectivity index (χ3v) is 3.17. The number of rotatable bonds is 6. The fourth-order valence-corrected chi connectivity index (χ4v) is 1.94. The van der Waals surface area contributed by atoms with Gasteiger partial charge in [-0.15, -0.1) is 0 Å². The Bertz CT molecular complexity index is 282. The molecule has 2 unspecified atom stereocenters. The lowest BCUT2D eigenvalue weighted by molar-refractivity contribution is -0.123. The Morgan fingerprint density at radius 2 is 2.17 bits per heavy atom. The lowest BCUT2D eigenvalue weighted by atomic mass is 10.1. The summed E-state index contributed by atoms with van der Waals surface area (Å²) in [6.45, 7) is 7.48. The van der Waals surface area contributed by atoms with Gasteiger partial charge in [0.05, 0.1) is 6.04 Å². The average Bonchev–Trinajstić information content (AvgIpc) is 2.31. The predicted molar refractivity (Wildman–Crippen MR) is 71.1 cm³/mol. The van der Waals surface area contributed by atoms with Crippen LogP contribution in [0.25, 0.3) is 0 Å². The van der Waals surface area contributed by atoms with Gasteiger partial charge < -0.3 is 16.0 Å². The van der Waals surface area contributed by atoms with Crippen molar-refractivity contribution >= 4 is 11.8 Å². The first-order valence-electron chi connectivity index (χ1n) is 6.79. The first kappa shape index (κ1) is 15.0. The minimum Gasteiger partial charge on any atom is -0.355 e. The van der Waals surface area contributed by atoms with Crippen LogP contribution in [0.5, 0.6) is 0 Å². The highest BCUT2D eigenvalue weighted by Crippen LogP contribution is 2.04. The monoisotopic (exact) mass is 255 g/mol. The van der Waals surface area contributed by atoms with Crippen LogP contribution in [0.15, 0.2) is 0 Å². The Balaban J connectivity index is 2.20. The molecule has 18 heavy (non-hydrogen) atoms. The summed E-state index contributed by atoms with van der Waals surface area (Å²) in [7, 11) is 0. The largest absolute Gasteiger partial charge is 0.355 e. The Morgan fingerprint density at radius 1 is 1.44 bits per heavy atom. The van der Waals surface area contributed by atoms with Crippen LogP contribution in [0.4, 0.5) is 0 Å². The molecule has 3 N–H and O–H groups in total. The fraction of sp³-hybridized carbons (Fsp3) is 0.846. The summed E-state index contributed by atoms with van der Waals surface area (Å²) in [6, 6.07) is -0.00860. The highest BCUT2D eigenvalue weighted by atomic mass is 16.2. The number of carbonyl (C=O) groups is 2. The molecule has 1 aliphatic heterocycles. The van der Waals surface area contributed by atoms with Crippen LogP contribution in [0.3, 0.4) is 0 Å². The van der Waals surface area contributed by atoms with Crippen molar-refractivity contribution in [3.8, 4) is 0 Å². The number of hydrogen-bond donors (Lipinski definition) is 3. The topological polar surface area (TPSA) is 70.2 Å². The number of nitrogens with one attached hydrogen (secondary N) is 3. The highest BCUT2D eigenvalue weighted by molar-refractivity contribution is 5.81. The first-order valence-corrected chi connectivity index (χ1v) is 6.79. The standard InChI is InChI=1S/C13H25N3O2/c1-9(2)6-7-14-13(18)10(3)16-11-4-5-12(17)15-8-11/h9-11,16H,4-8H2,1-3H3,(H,14,18)(H,15,17). The Labute approximate surface area is 109 Å². The minimum absolute atomic E-state index is 0.0348. The Hall–Kier alpha value is -1.10. The van der Waals surface area contributed by atoms with E-state index in [9.17, 15) is 9.59 Å². The van der Waals surface area contributed by atoms with E-state index in [-0.39, 0.29) is 23.9 Å². The first-order chi connectivity index (χ1) is 8.49. The lowest BCUT2D eigenvalue weighted by Gasteiger charge is -2.26. The van der Waals surface area contributed by atoms with Gasteiger partial charge in [0.2, 0.25) is 11.8 Å². The SMILES string of the molecule is CC(C)CCNC(=O)C(C)NC1CCC(=O)NC1. The van der Waals surface area contributed by atoms with Crippen molar-refractivity contribution in [2.45, 2.75) is 52.1 Å². The van der Waals surface area contributed by atoms with E-state index in [0.29, 0.717) is 18.9 Å². The summed E-state index contributed by atoms with van der Waals surface area (Å²) >= 11 is 0. The number of piperidine rings is 1. The second-order valence-electron chi connectivity index (χ2n) is 5.40. The molecule has 0 aliphatic carbocycles. The molecule has 0 radical (unpaired) electrons. The van der Waals surface area contributed by atoms with Crippen molar-refractivity contribution in [2.75, 3.05) is 13.1 Å². The summed E-state index contributed by atoms with van der Waals surface area (Å²) < 4.78 is 0. The Kier molecular flexibility index (Phi) is 6.12. The summed E-state index contributed by atoms with van der Waals surface area (Å²) in [5.74, 6) is 0.733. The summed E-state index contributed by atoms with van der Waals surface area (Å²) in [5, 5.41) is 8.98. The van der Waals surface area contributed by atoms with Crippen LogP contribution in [-0.2, 0) is 9.59 Å². The molecule has 1 rings (SSSR count). The molecule has 0 aromatic heterocycles. The van der Waals surface area contributed by atoms with Gasteiger partial charge in [0.25, 0.3) is 0 Å². The number of hydrogen-bond acceptors (Lipinski definition) is 3. The molecular weight excluding hydrogens is 230 g/mol. The Morgan fingerprint density at radius 3 is 2.72 bits per heavy atom. The molecule has 0 aromatic rings. The van der Waals surface area contributed by atoms with Gasteiger partial charge >= 0.3 is 0 Å². The molecule has 1 saturated heterocycles. The molecule has 2 atom stereocenters. The lowest BCUT2D eigenvalue weighted by Crippen LogP contribution is -2.52. The maximum Gasteiger partial charge on any atom is 0.236 e. The molecule has 5 nitrogen and oxygen atoms in total. The van der Waals surface area contributed by atoms with Gasteiger partial charge in [-0.05, 0) is 25.7 Å². The predicted octanol–water partition coefficient (Wildman–Crippen LogP) is 0.405. The fourth-order valence-electron chi connectivity index (χ4n) is 1.94. The molecule has 104 valence electrons. The average molecular weight is 255 g/mol. The molecule has 1 heterocycles. The van der Waals surface area contributed by atoms with Crippen LogP contribution < -0.4 is 16.0 Å². The maximum absolute atomic E-state index is 11.8.